The standard InChI is InChI=1S/C57H70N2/c1-31(2)43-30-51(59(48-21-15-34(5)27-38(48)9)49-22-16-35(6)52-39(10)53(49)52)44-29-45-54-40(23-24-57(45,11)12)28-50(42-18-17-41(43)55(44)56(42)54)58(46-19-13-32(3)25-36(46)7)47-20-14-33(4)26-37(47)8/h13-14,16,19,25-31,34,42,47-49,53,56H,15,17-18,20-24H2,1-12H3. The van der Waals surface area contributed by atoms with Gasteiger partial charge in [0.2, 0.25) is 0 Å². The minimum atomic E-state index is 0.129. The van der Waals surface area contributed by atoms with Crippen LogP contribution in [-0.4, -0.2) is 18.1 Å². The summed E-state index contributed by atoms with van der Waals surface area (Å²) >= 11 is 0. The van der Waals surface area contributed by atoms with Crippen LogP contribution < -0.4 is 9.80 Å². The highest BCUT2D eigenvalue weighted by Crippen LogP contribution is 2.64. The number of fused-ring (bicyclic) bond motifs is 1. The van der Waals surface area contributed by atoms with E-state index in [-0.39, 0.29) is 5.41 Å². The summed E-state index contributed by atoms with van der Waals surface area (Å²) in [5, 5.41) is 0. The Hall–Kier alpha value is -4.04. The van der Waals surface area contributed by atoms with Gasteiger partial charge in [-0.15, -0.1) is 0 Å². The van der Waals surface area contributed by atoms with Crippen LogP contribution in [0.2, 0.25) is 0 Å². The molecule has 0 N–H and O–H groups in total. The fourth-order valence-corrected chi connectivity index (χ4v) is 13.6. The van der Waals surface area contributed by atoms with Gasteiger partial charge in [0.15, 0.2) is 0 Å². The van der Waals surface area contributed by atoms with Gasteiger partial charge in [0.05, 0.1) is 12.1 Å². The van der Waals surface area contributed by atoms with Crippen molar-refractivity contribution in [3.05, 3.63) is 144 Å². The first kappa shape index (κ1) is 39.1. The Bertz CT molecular complexity index is 2430. The van der Waals surface area contributed by atoms with Gasteiger partial charge < -0.3 is 9.80 Å². The highest BCUT2D eigenvalue weighted by atomic mass is 15.2. The smallest absolute Gasteiger partial charge is 0.0583 e. The second-order valence-electron chi connectivity index (χ2n) is 21.4. The fourth-order valence-electron chi connectivity index (χ4n) is 13.6. The summed E-state index contributed by atoms with van der Waals surface area (Å²) in [7, 11) is 0. The molecule has 308 valence electrons. The Morgan fingerprint density at radius 3 is 2.29 bits per heavy atom. The molecular weight excluding hydrogens is 713 g/mol. The van der Waals surface area contributed by atoms with E-state index >= 15 is 0 Å². The van der Waals surface area contributed by atoms with E-state index in [9.17, 15) is 0 Å². The van der Waals surface area contributed by atoms with Crippen LogP contribution >= 0.6 is 0 Å². The molecule has 2 aromatic carbocycles. The quantitative estimate of drug-likeness (QED) is 0.258. The van der Waals surface area contributed by atoms with Crippen LogP contribution in [0.1, 0.15) is 159 Å². The molecule has 0 saturated heterocycles. The maximum Gasteiger partial charge on any atom is 0.0583 e. The maximum absolute atomic E-state index is 3.04. The van der Waals surface area contributed by atoms with E-state index in [4.69, 9.17) is 0 Å². The summed E-state index contributed by atoms with van der Waals surface area (Å²) in [4.78, 5) is 5.90. The van der Waals surface area contributed by atoms with E-state index in [0.717, 1.165) is 25.7 Å². The molecule has 2 nitrogen and oxygen atoms in total. The lowest BCUT2D eigenvalue weighted by Gasteiger charge is -2.53. The fraction of sp³-hybridized carbons (Fsp3) is 0.509. The zero-order valence-electron chi connectivity index (χ0n) is 38.4. The molecular formula is C57H70N2. The predicted molar refractivity (Wildman–Crippen MR) is 252 cm³/mol. The normalized spacial score (nSPS) is 30.1. The average Bonchev–Trinajstić information content (AvgIpc) is 3.87. The van der Waals surface area contributed by atoms with Crippen LogP contribution in [0.5, 0.6) is 0 Å². The largest absolute Gasteiger partial charge is 0.360 e. The van der Waals surface area contributed by atoms with Gasteiger partial charge >= 0.3 is 0 Å². The minimum absolute atomic E-state index is 0.129. The molecule has 7 atom stereocenters. The number of hydrogen-bond donors (Lipinski definition) is 0. The van der Waals surface area contributed by atoms with E-state index in [2.05, 4.69) is 154 Å². The first-order valence-corrected chi connectivity index (χ1v) is 23.6. The number of rotatable bonds is 7. The van der Waals surface area contributed by atoms with Crippen LogP contribution in [0.25, 0.3) is 6.08 Å². The number of hydrogen-bond acceptors (Lipinski definition) is 2. The van der Waals surface area contributed by atoms with E-state index in [0.29, 0.717) is 47.7 Å². The van der Waals surface area contributed by atoms with Crippen LogP contribution in [0.3, 0.4) is 0 Å². The lowest BCUT2D eigenvalue weighted by molar-refractivity contribution is 0.361. The molecule has 59 heavy (non-hydrogen) atoms. The number of benzene rings is 2. The van der Waals surface area contributed by atoms with Crippen molar-refractivity contribution in [2.45, 2.75) is 164 Å². The van der Waals surface area contributed by atoms with Crippen LogP contribution in [0.15, 0.2) is 111 Å². The molecule has 0 spiro atoms. The Kier molecular flexibility index (Phi) is 9.28. The number of allylic oxidation sites excluding steroid dienone is 9. The van der Waals surface area contributed by atoms with Gasteiger partial charge in [0, 0.05) is 46.4 Å². The van der Waals surface area contributed by atoms with Crippen molar-refractivity contribution in [2.75, 3.05) is 9.80 Å². The Labute approximate surface area is 357 Å². The third-order valence-corrected chi connectivity index (χ3v) is 16.6. The molecule has 0 bridgehead atoms. The average molecular weight is 783 g/mol. The third-order valence-electron chi connectivity index (χ3n) is 16.6. The van der Waals surface area contributed by atoms with E-state index in [1.54, 1.807) is 67.1 Å². The molecule has 0 amide bonds. The molecule has 0 aliphatic heterocycles. The van der Waals surface area contributed by atoms with Gasteiger partial charge in [-0.1, -0.05) is 104 Å². The molecule has 7 unspecified atom stereocenters. The van der Waals surface area contributed by atoms with Crippen molar-refractivity contribution in [3.8, 4) is 0 Å². The summed E-state index contributed by atoms with van der Waals surface area (Å²) in [6.45, 7) is 29.0. The molecule has 0 aromatic heterocycles. The van der Waals surface area contributed by atoms with Crippen molar-refractivity contribution in [2.24, 2.45) is 23.2 Å². The van der Waals surface area contributed by atoms with Crippen LogP contribution in [0.4, 0.5) is 11.4 Å². The van der Waals surface area contributed by atoms with Gasteiger partial charge in [-0.25, -0.2) is 0 Å². The molecule has 8 aliphatic rings. The van der Waals surface area contributed by atoms with Crippen molar-refractivity contribution in [1.29, 1.82) is 0 Å². The molecule has 0 radical (unpaired) electrons. The first-order valence-electron chi connectivity index (χ1n) is 23.6. The predicted octanol–water partition coefficient (Wildman–Crippen LogP) is 14.9. The van der Waals surface area contributed by atoms with E-state index in [1.807, 2.05) is 0 Å². The molecule has 8 aliphatic carbocycles. The van der Waals surface area contributed by atoms with Gasteiger partial charge in [-0.2, -0.15) is 0 Å². The second kappa shape index (κ2) is 14.0. The van der Waals surface area contributed by atoms with Gasteiger partial charge in [-0.05, 0) is 186 Å². The third kappa shape index (κ3) is 6.07. The highest BCUT2D eigenvalue weighted by molar-refractivity contribution is 5.85. The monoisotopic (exact) mass is 783 g/mol. The highest BCUT2D eigenvalue weighted by Gasteiger charge is 2.52. The number of anilines is 2. The molecule has 0 heterocycles. The molecule has 0 fully saturated rings. The van der Waals surface area contributed by atoms with E-state index in [1.165, 1.54) is 59.2 Å². The van der Waals surface area contributed by atoms with Crippen molar-refractivity contribution >= 4 is 17.5 Å². The van der Waals surface area contributed by atoms with Crippen molar-refractivity contribution < 1.29 is 0 Å². The summed E-state index contributed by atoms with van der Waals surface area (Å²) < 4.78 is 0. The van der Waals surface area contributed by atoms with E-state index < -0.39 is 0 Å². The Balaban J connectivity index is 1.22. The summed E-state index contributed by atoms with van der Waals surface area (Å²) in [5.41, 5.74) is 28.2. The SMILES string of the molecule is CC1=CCC(N(C2=CC3=C4C(=Cc5c(N(C6CCC(C)C=C6C)C6CC=C(C)C7=C(C)C76)cc(C(C)C)c6c5C4C2CC6)C(C)(C)CC3)c2ccc(C)cc2C)C(C)=C1. The van der Waals surface area contributed by atoms with Gasteiger partial charge in [0.1, 0.15) is 0 Å². The van der Waals surface area contributed by atoms with Gasteiger partial charge in [-0.3, -0.25) is 0 Å². The van der Waals surface area contributed by atoms with Crippen LogP contribution in [0, 0.1) is 37.0 Å². The molecule has 2 aromatic rings. The maximum atomic E-state index is 3.04. The molecule has 10 rings (SSSR count). The summed E-state index contributed by atoms with van der Waals surface area (Å²) in [6, 6.07) is 11.2. The van der Waals surface area contributed by atoms with Gasteiger partial charge in [0.25, 0.3) is 0 Å². The lowest BCUT2D eigenvalue weighted by atomic mass is 9.55. The Morgan fingerprint density at radius 1 is 0.763 bits per heavy atom. The minimum Gasteiger partial charge on any atom is -0.360 e. The van der Waals surface area contributed by atoms with Crippen molar-refractivity contribution in [1.82, 2.24) is 0 Å². The summed E-state index contributed by atoms with van der Waals surface area (Å²) in [5.74, 6) is 2.51. The Morgan fingerprint density at radius 2 is 1.56 bits per heavy atom. The zero-order valence-corrected chi connectivity index (χ0v) is 38.4. The number of aryl methyl sites for hydroxylation is 2. The molecule has 0 saturated carbocycles. The topological polar surface area (TPSA) is 6.48 Å². The second-order valence-corrected chi connectivity index (χ2v) is 21.4. The lowest BCUT2D eigenvalue weighted by Crippen LogP contribution is -2.49. The zero-order chi connectivity index (χ0) is 41.4. The first-order chi connectivity index (χ1) is 28.1. The van der Waals surface area contributed by atoms with Crippen LogP contribution in [-0.2, 0) is 6.42 Å². The molecule has 2 heteroatoms. The summed E-state index contributed by atoms with van der Waals surface area (Å²) in [6.07, 6.45) is 25.1. The van der Waals surface area contributed by atoms with Crippen molar-refractivity contribution in [3.63, 3.8) is 0 Å². The number of nitrogens with zero attached hydrogens (tertiary/aromatic N) is 2.